The summed E-state index contributed by atoms with van der Waals surface area (Å²) in [5.74, 6) is 1.89. The van der Waals surface area contributed by atoms with Crippen LogP contribution >= 0.6 is 11.5 Å². The summed E-state index contributed by atoms with van der Waals surface area (Å²) in [6.07, 6.45) is 6.65. The maximum absolute atomic E-state index is 12.4. The maximum atomic E-state index is 12.4. The van der Waals surface area contributed by atoms with Crippen molar-refractivity contribution >= 4 is 39.0 Å². The molecular weight excluding hydrogens is 416 g/mol. The van der Waals surface area contributed by atoms with Crippen LogP contribution in [0.15, 0.2) is 48.5 Å². The summed E-state index contributed by atoms with van der Waals surface area (Å²) in [5, 5.41) is 4.39. The summed E-state index contributed by atoms with van der Waals surface area (Å²) >= 11 is 1.59. The molecule has 1 saturated heterocycles. The second kappa shape index (κ2) is 10.0. The van der Waals surface area contributed by atoms with Gasteiger partial charge in [-0.3, -0.25) is 9.69 Å². The number of benzene rings is 2. The number of rotatable bonds is 7. The van der Waals surface area contributed by atoms with Gasteiger partial charge in [-0.25, -0.2) is 0 Å². The predicted molar refractivity (Wildman–Crippen MR) is 134 cm³/mol. The number of carbonyl (C=O) groups excluding carboxylic acids is 1. The Morgan fingerprint density at radius 3 is 2.69 bits per heavy atom. The molecule has 2 heterocycles. The molecule has 5 rings (SSSR count). The summed E-state index contributed by atoms with van der Waals surface area (Å²) < 4.78 is 5.98. The minimum Gasteiger partial charge on any atom is -0.353 e. The number of hydrogen-bond donors (Lipinski definition) is 1. The SMILES string of the molecule is O=C(CC1CCCC1)Nc1cccc(CCN2CCN(c3nsc4ccccc34)CC2)c1. The summed E-state index contributed by atoms with van der Waals surface area (Å²) in [6.45, 7) is 5.20. The van der Waals surface area contributed by atoms with Crippen molar-refractivity contribution in [2.24, 2.45) is 5.92 Å². The van der Waals surface area contributed by atoms with Crippen LogP contribution in [0.5, 0.6) is 0 Å². The number of anilines is 2. The van der Waals surface area contributed by atoms with Gasteiger partial charge in [0.25, 0.3) is 0 Å². The van der Waals surface area contributed by atoms with Crippen molar-refractivity contribution in [2.45, 2.75) is 38.5 Å². The van der Waals surface area contributed by atoms with E-state index in [0.29, 0.717) is 12.3 Å². The standard InChI is InChI=1S/C26H32N4OS/c31-25(19-20-6-1-2-7-20)27-22-9-5-8-21(18-22)12-13-29-14-16-30(17-15-29)26-23-10-3-4-11-24(23)32-28-26/h3-5,8-11,18,20H,1-2,6-7,12-17,19H2,(H,27,31). The quantitative estimate of drug-likeness (QED) is 0.541. The third-order valence-electron chi connectivity index (χ3n) is 6.91. The fraction of sp³-hybridized carbons (Fsp3) is 0.462. The molecule has 5 nitrogen and oxygen atoms in total. The largest absolute Gasteiger partial charge is 0.353 e. The number of amides is 1. The van der Waals surface area contributed by atoms with Gasteiger partial charge >= 0.3 is 0 Å². The highest BCUT2D eigenvalue weighted by Gasteiger charge is 2.21. The molecule has 32 heavy (non-hydrogen) atoms. The zero-order valence-corrected chi connectivity index (χ0v) is 19.4. The Kier molecular flexibility index (Phi) is 6.69. The van der Waals surface area contributed by atoms with Crippen molar-refractivity contribution in [3.63, 3.8) is 0 Å². The molecule has 2 fully saturated rings. The lowest BCUT2D eigenvalue weighted by molar-refractivity contribution is -0.117. The lowest BCUT2D eigenvalue weighted by Gasteiger charge is -2.35. The second-order valence-electron chi connectivity index (χ2n) is 9.18. The smallest absolute Gasteiger partial charge is 0.224 e. The molecule has 168 valence electrons. The van der Waals surface area contributed by atoms with Gasteiger partial charge in [-0.05, 0) is 66.5 Å². The molecule has 1 aromatic heterocycles. The second-order valence-corrected chi connectivity index (χ2v) is 9.99. The highest BCUT2D eigenvalue weighted by molar-refractivity contribution is 7.13. The van der Waals surface area contributed by atoms with Crippen molar-refractivity contribution < 1.29 is 4.79 Å². The van der Waals surface area contributed by atoms with Crippen molar-refractivity contribution in [2.75, 3.05) is 42.9 Å². The van der Waals surface area contributed by atoms with Gasteiger partial charge in [-0.1, -0.05) is 37.1 Å². The van der Waals surface area contributed by atoms with E-state index in [1.165, 1.54) is 41.3 Å². The third-order valence-corrected chi connectivity index (χ3v) is 7.72. The van der Waals surface area contributed by atoms with E-state index < -0.39 is 0 Å². The minimum atomic E-state index is 0.166. The van der Waals surface area contributed by atoms with Crippen LogP contribution in [0.2, 0.25) is 0 Å². The van der Waals surface area contributed by atoms with Gasteiger partial charge in [0.2, 0.25) is 5.91 Å². The van der Waals surface area contributed by atoms with Gasteiger partial charge < -0.3 is 10.2 Å². The Morgan fingerprint density at radius 1 is 1.03 bits per heavy atom. The van der Waals surface area contributed by atoms with Crippen molar-refractivity contribution in [3.8, 4) is 0 Å². The zero-order chi connectivity index (χ0) is 21.8. The molecule has 6 heteroatoms. The van der Waals surface area contributed by atoms with Crippen molar-refractivity contribution in [3.05, 3.63) is 54.1 Å². The number of hydrogen-bond acceptors (Lipinski definition) is 5. The summed E-state index contributed by atoms with van der Waals surface area (Å²) in [6, 6.07) is 16.9. The van der Waals surface area contributed by atoms with Crippen LogP contribution in [0.1, 0.15) is 37.7 Å². The Balaban J connectivity index is 1.10. The lowest BCUT2D eigenvalue weighted by Crippen LogP contribution is -2.47. The van der Waals surface area contributed by atoms with Gasteiger partial charge in [0.15, 0.2) is 0 Å². The number of fused-ring (bicyclic) bond motifs is 1. The van der Waals surface area contributed by atoms with Gasteiger partial charge in [0.1, 0.15) is 5.82 Å². The maximum Gasteiger partial charge on any atom is 0.224 e. The first-order valence-corrected chi connectivity index (χ1v) is 12.7. The molecule has 0 radical (unpaired) electrons. The molecule has 1 aliphatic heterocycles. The molecule has 0 bridgehead atoms. The Labute approximate surface area is 194 Å². The number of nitrogens with zero attached hydrogens (tertiary/aromatic N) is 3. The Hall–Kier alpha value is -2.44. The first-order chi connectivity index (χ1) is 15.7. The van der Waals surface area contributed by atoms with Crippen LogP contribution in [-0.4, -0.2) is 47.9 Å². The van der Waals surface area contributed by atoms with Crippen LogP contribution in [0.4, 0.5) is 11.5 Å². The average Bonchev–Trinajstić information content (AvgIpc) is 3.48. The number of carbonyl (C=O) groups is 1. The van der Waals surface area contributed by atoms with Crippen LogP contribution in [0, 0.1) is 5.92 Å². The van der Waals surface area contributed by atoms with Crippen LogP contribution < -0.4 is 10.2 Å². The molecule has 1 N–H and O–H groups in total. The first-order valence-electron chi connectivity index (χ1n) is 11.9. The zero-order valence-electron chi connectivity index (χ0n) is 18.6. The van der Waals surface area contributed by atoms with Crippen LogP contribution in [0.25, 0.3) is 10.1 Å². The van der Waals surface area contributed by atoms with Crippen molar-refractivity contribution in [1.82, 2.24) is 9.27 Å². The summed E-state index contributed by atoms with van der Waals surface area (Å²) in [7, 11) is 0. The average molecular weight is 449 g/mol. The van der Waals surface area contributed by atoms with Gasteiger partial charge in [-0.2, -0.15) is 4.37 Å². The van der Waals surface area contributed by atoms with Crippen LogP contribution in [0.3, 0.4) is 0 Å². The predicted octanol–water partition coefficient (Wildman–Crippen LogP) is 5.18. The molecule has 1 saturated carbocycles. The topological polar surface area (TPSA) is 48.5 Å². The van der Waals surface area contributed by atoms with E-state index in [0.717, 1.165) is 50.6 Å². The van der Waals surface area contributed by atoms with E-state index in [1.807, 2.05) is 6.07 Å². The molecule has 0 unspecified atom stereocenters. The number of piperazine rings is 1. The lowest BCUT2D eigenvalue weighted by atomic mass is 10.0. The van der Waals surface area contributed by atoms with Crippen LogP contribution in [-0.2, 0) is 11.2 Å². The molecular formula is C26H32N4OS. The van der Waals surface area contributed by atoms with Crippen molar-refractivity contribution in [1.29, 1.82) is 0 Å². The molecule has 2 aliphatic rings. The van der Waals surface area contributed by atoms with E-state index in [2.05, 4.69) is 57.6 Å². The molecule has 1 amide bonds. The minimum absolute atomic E-state index is 0.166. The fourth-order valence-electron chi connectivity index (χ4n) is 5.06. The molecule has 2 aromatic carbocycles. The number of aromatic nitrogens is 1. The van der Waals surface area contributed by atoms with Gasteiger partial charge in [0, 0.05) is 50.2 Å². The highest BCUT2D eigenvalue weighted by Crippen LogP contribution is 2.30. The van der Waals surface area contributed by atoms with E-state index in [-0.39, 0.29) is 5.91 Å². The van der Waals surface area contributed by atoms with E-state index in [1.54, 1.807) is 11.5 Å². The fourth-order valence-corrected chi connectivity index (χ4v) is 5.86. The number of nitrogens with one attached hydrogen (secondary N) is 1. The molecule has 3 aromatic rings. The van der Waals surface area contributed by atoms with E-state index >= 15 is 0 Å². The van der Waals surface area contributed by atoms with E-state index in [9.17, 15) is 4.79 Å². The molecule has 0 atom stereocenters. The normalized spacial score (nSPS) is 17.8. The summed E-state index contributed by atoms with van der Waals surface area (Å²) in [5.41, 5.74) is 2.22. The Morgan fingerprint density at radius 2 is 1.84 bits per heavy atom. The van der Waals surface area contributed by atoms with E-state index in [4.69, 9.17) is 4.37 Å². The summed E-state index contributed by atoms with van der Waals surface area (Å²) in [4.78, 5) is 17.3. The Bertz CT molecular complexity index is 1050. The van der Waals surface area contributed by atoms with Gasteiger partial charge in [-0.15, -0.1) is 0 Å². The third kappa shape index (κ3) is 5.13. The monoisotopic (exact) mass is 448 g/mol. The first kappa shape index (κ1) is 21.4. The molecule has 1 aliphatic carbocycles. The molecule has 0 spiro atoms. The van der Waals surface area contributed by atoms with Gasteiger partial charge in [0.05, 0.1) is 4.70 Å². The highest BCUT2D eigenvalue weighted by atomic mass is 32.1.